The highest BCUT2D eigenvalue weighted by Gasteiger charge is 2.20. The van der Waals surface area contributed by atoms with E-state index in [1.807, 2.05) is 13.0 Å². The van der Waals surface area contributed by atoms with Crippen LogP contribution in [0.4, 0.5) is 0 Å². The molecule has 0 atom stereocenters. The average Bonchev–Trinajstić information content (AvgIpc) is 2.99. The van der Waals surface area contributed by atoms with E-state index >= 15 is 0 Å². The summed E-state index contributed by atoms with van der Waals surface area (Å²) in [6, 6.07) is 1.87. The van der Waals surface area contributed by atoms with E-state index in [9.17, 15) is 8.42 Å². The highest BCUT2D eigenvalue weighted by molar-refractivity contribution is 7.89. The molecule has 1 aromatic heterocycles. The Morgan fingerprint density at radius 1 is 1.43 bits per heavy atom. The van der Waals surface area contributed by atoms with E-state index < -0.39 is 10.0 Å². The number of nitrogens with one attached hydrogen (secondary N) is 1. The number of nitrogens with zero attached hydrogens (tertiary/aromatic N) is 4. The van der Waals surface area contributed by atoms with Gasteiger partial charge < -0.3 is 14.7 Å². The zero-order valence-electron chi connectivity index (χ0n) is 13.3. The van der Waals surface area contributed by atoms with E-state index in [1.54, 1.807) is 6.26 Å². The molecule has 1 fully saturated rings. The number of rotatable bonds is 6. The van der Waals surface area contributed by atoms with Gasteiger partial charge in [0.05, 0.1) is 18.0 Å². The minimum absolute atomic E-state index is 0.145. The summed E-state index contributed by atoms with van der Waals surface area (Å²) < 4.78 is 26.8. The van der Waals surface area contributed by atoms with Crippen LogP contribution in [0.25, 0.3) is 0 Å². The van der Waals surface area contributed by atoms with Crippen LogP contribution in [-0.2, 0) is 16.6 Å². The lowest BCUT2D eigenvalue weighted by molar-refractivity contribution is 0.169. The number of guanidine groups is 1. The number of hydrogen-bond donors (Lipinski definition) is 2. The molecule has 2 heterocycles. The maximum absolute atomic E-state index is 11.0. The van der Waals surface area contributed by atoms with Crippen LogP contribution >= 0.6 is 0 Å². The molecule has 0 bridgehead atoms. The molecule has 9 nitrogen and oxygen atoms in total. The van der Waals surface area contributed by atoms with Crippen molar-refractivity contribution in [3.8, 4) is 0 Å². The van der Waals surface area contributed by atoms with Gasteiger partial charge in [0.15, 0.2) is 5.96 Å². The predicted molar refractivity (Wildman–Crippen MR) is 87.3 cm³/mol. The summed E-state index contributed by atoms with van der Waals surface area (Å²) in [5, 5.41) is 12.1. The molecule has 0 unspecified atom stereocenters. The summed E-state index contributed by atoms with van der Waals surface area (Å²) in [5.74, 6) is 0.589. The fraction of sp³-hybridized carbons (Fsp3) is 0.692. The Labute approximate surface area is 136 Å². The van der Waals surface area contributed by atoms with Crippen molar-refractivity contribution in [2.45, 2.75) is 13.5 Å². The molecule has 130 valence electrons. The number of sulfonamides is 1. The smallest absolute Gasteiger partial charge is 0.210 e. The molecule has 10 heteroatoms. The quantitative estimate of drug-likeness (QED) is 0.504. The summed E-state index contributed by atoms with van der Waals surface area (Å²) in [7, 11) is -3.48. The Hall–Kier alpha value is -1.65. The molecule has 23 heavy (non-hydrogen) atoms. The van der Waals surface area contributed by atoms with E-state index in [-0.39, 0.29) is 12.3 Å². The number of aromatic nitrogens is 1. The molecule has 1 aliphatic heterocycles. The molecule has 1 aliphatic rings. The second kappa shape index (κ2) is 8.27. The van der Waals surface area contributed by atoms with Gasteiger partial charge in [-0.3, -0.25) is 9.89 Å². The molecule has 3 N–H and O–H groups in total. The van der Waals surface area contributed by atoms with E-state index in [2.05, 4.69) is 25.3 Å². The van der Waals surface area contributed by atoms with Gasteiger partial charge in [-0.25, -0.2) is 13.6 Å². The van der Waals surface area contributed by atoms with Gasteiger partial charge in [-0.1, -0.05) is 5.16 Å². The van der Waals surface area contributed by atoms with Crippen molar-refractivity contribution in [1.29, 1.82) is 0 Å². The molecule has 0 saturated carbocycles. The van der Waals surface area contributed by atoms with Crippen molar-refractivity contribution in [2.75, 3.05) is 45.0 Å². The lowest BCUT2D eigenvalue weighted by Crippen LogP contribution is -2.52. The Bertz CT molecular complexity index is 593. The zero-order valence-corrected chi connectivity index (χ0v) is 14.1. The molecular weight excluding hydrogens is 320 g/mol. The second-order valence-corrected chi connectivity index (χ2v) is 7.09. The van der Waals surface area contributed by atoms with Gasteiger partial charge in [0.1, 0.15) is 6.26 Å². The molecule has 1 aromatic rings. The van der Waals surface area contributed by atoms with Crippen molar-refractivity contribution >= 4 is 16.0 Å². The summed E-state index contributed by atoms with van der Waals surface area (Å²) in [4.78, 5) is 8.77. The van der Waals surface area contributed by atoms with Crippen molar-refractivity contribution < 1.29 is 12.9 Å². The fourth-order valence-electron chi connectivity index (χ4n) is 2.37. The van der Waals surface area contributed by atoms with Gasteiger partial charge in [-0.05, 0) is 6.92 Å². The molecule has 1 saturated heterocycles. The number of hydrogen-bond acceptors (Lipinski definition) is 6. The van der Waals surface area contributed by atoms with Crippen molar-refractivity contribution in [3.63, 3.8) is 0 Å². The SMILES string of the molecule is CCNC(=NCCS(N)(=O)=O)N1CCN(Cc2ccon2)CC1. The van der Waals surface area contributed by atoms with Gasteiger partial charge >= 0.3 is 0 Å². The van der Waals surface area contributed by atoms with Crippen molar-refractivity contribution in [3.05, 3.63) is 18.0 Å². The minimum atomic E-state index is -3.48. The Kier molecular flexibility index (Phi) is 6.37. The zero-order chi connectivity index (χ0) is 16.7. The lowest BCUT2D eigenvalue weighted by atomic mass is 10.3. The largest absolute Gasteiger partial charge is 0.364 e. The number of primary sulfonamides is 1. The first kappa shape index (κ1) is 17.7. The third-order valence-corrected chi connectivity index (χ3v) is 4.27. The maximum atomic E-state index is 11.0. The van der Waals surface area contributed by atoms with Gasteiger partial charge in [-0.15, -0.1) is 0 Å². The highest BCUT2D eigenvalue weighted by Crippen LogP contribution is 2.07. The lowest BCUT2D eigenvalue weighted by Gasteiger charge is -2.36. The Balaban J connectivity index is 1.85. The first-order chi connectivity index (χ1) is 11.0. The van der Waals surface area contributed by atoms with Crippen LogP contribution in [0.15, 0.2) is 21.8 Å². The summed E-state index contributed by atoms with van der Waals surface area (Å²) in [6.45, 7) is 7.05. The van der Waals surface area contributed by atoms with E-state index in [4.69, 9.17) is 9.66 Å². The molecule has 0 amide bonds. The topological polar surface area (TPSA) is 117 Å². The van der Waals surface area contributed by atoms with Crippen LogP contribution in [0, 0.1) is 0 Å². The second-order valence-electron chi connectivity index (χ2n) is 5.36. The molecule has 0 radical (unpaired) electrons. The molecule has 0 spiro atoms. The van der Waals surface area contributed by atoms with Crippen LogP contribution in [-0.4, -0.2) is 74.4 Å². The number of aliphatic imine (C=N–C) groups is 1. The molecule has 0 aliphatic carbocycles. The van der Waals surface area contributed by atoms with Gasteiger partial charge in [0.2, 0.25) is 10.0 Å². The normalized spacial score (nSPS) is 17.5. The van der Waals surface area contributed by atoms with Gasteiger partial charge in [-0.2, -0.15) is 0 Å². The maximum Gasteiger partial charge on any atom is 0.210 e. The van der Waals surface area contributed by atoms with Crippen LogP contribution in [0.1, 0.15) is 12.6 Å². The monoisotopic (exact) mass is 344 g/mol. The average molecular weight is 344 g/mol. The predicted octanol–water partition coefficient (Wildman–Crippen LogP) is -0.954. The first-order valence-corrected chi connectivity index (χ1v) is 9.35. The summed E-state index contributed by atoms with van der Waals surface area (Å²) in [6.07, 6.45) is 1.58. The molecular formula is C13H24N6O3S. The third-order valence-electron chi connectivity index (χ3n) is 3.52. The van der Waals surface area contributed by atoms with Crippen molar-refractivity contribution in [1.82, 2.24) is 20.3 Å². The molecule has 2 rings (SSSR count). The van der Waals surface area contributed by atoms with Gasteiger partial charge in [0, 0.05) is 45.3 Å². The fourth-order valence-corrected chi connectivity index (χ4v) is 2.72. The van der Waals surface area contributed by atoms with Crippen LogP contribution in [0.5, 0.6) is 0 Å². The minimum Gasteiger partial charge on any atom is -0.364 e. The van der Waals surface area contributed by atoms with Crippen LogP contribution in [0.3, 0.4) is 0 Å². The van der Waals surface area contributed by atoms with Crippen LogP contribution in [0.2, 0.25) is 0 Å². The van der Waals surface area contributed by atoms with Crippen molar-refractivity contribution in [2.24, 2.45) is 10.1 Å². The highest BCUT2D eigenvalue weighted by atomic mass is 32.2. The number of nitrogens with two attached hydrogens (primary N) is 1. The summed E-state index contributed by atoms with van der Waals surface area (Å²) in [5.41, 5.74) is 0.923. The van der Waals surface area contributed by atoms with Crippen LogP contribution < -0.4 is 10.5 Å². The van der Waals surface area contributed by atoms with Gasteiger partial charge in [0.25, 0.3) is 0 Å². The standard InChI is InChI=1S/C13H24N6O3S/c1-2-15-13(16-4-10-23(14,20)21)19-7-5-18(6-8-19)11-12-3-9-22-17-12/h3,9H,2,4-8,10-11H2,1H3,(H,15,16)(H2,14,20,21). The Morgan fingerprint density at radius 2 is 2.17 bits per heavy atom. The third kappa shape index (κ3) is 6.16. The summed E-state index contributed by atoms with van der Waals surface area (Å²) >= 11 is 0. The Morgan fingerprint density at radius 3 is 2.74 bits per heavy atom. The van der Waals surface area contributed by atoms with E-state index in [1.165, 1.54) is 0 Å². The van der Waals surface area contributed by atoms with E-state index in [0.717, 1.165) is 50.9 Å². The molecule has 0 aromatic carbocycles. The number of piperazine rings is 1. The first-order valence-electron chi connectivity index (χ1n) is 7.63. The van der Waals surface area contributed by atoms with E-state index in [0.29, 0.717) is 0 Å².